The second-order valence-electron chi connectivity index (χ2n) is 9.76. The van der Waals surface area contributed by atoms with E-state index in [1.807, 2.05) is 0 Å². The number of nitrogens with one attached hydrogen (secondary N) is 1. The lowest BCUT2D eigenvalue weighted by atomic mass is 9.80. The number of amides is 1. The molecule has 3 heterocycles. The van der Waals surface area contributed by atoms with Crippen molar-refractivity contribution in [1.82, 2.24) is 15.1 Å². The van der Waals surface area contributed by atoms with Gasteiger partial charge in [-0.1, -0.05) is 39.0 Å². The van der Waals surface area contributed by atoms with Gasteiger partial charge in [0.05, 0.1) is 6.04 Å². The highest BCUT2D eigenvalue weighted by molar-refractivity contribution is 5.71. The van der Waals surface area contributed by atoms with E-state index in [1.165, 1.54) is 57.8 Å². The van der Waals surface area contributed by atoms with E-state index in [0.717, 1.165) is 58.0 Å². The van der Waals surface area contributed by atoms with Gasteiger partial charge in [-0.15, -0.1) is 0 Å². The number of ether oxygens (including phenoxy) is 1. The maximum atomic E-state index is 13.0. The Morgan fingerprint density at radius 1 is 1.07 bits per heavy atom. The maximum Gasteiger partial charge on any atom is 0.410 e. The first-order valence-corrected chi connectivity index (χ1v) is 12.2. The van der Waals surface area contributed by atoms with Crippen LogP contribution < -0.4 is 5.32 Å². The molecular formula is C23H41N3O2. The van der Waals surface area contributed by atoms with Crippen molar-refractivity contribution in [3.63, 3.8) is 0 Å². The molecule has 1 amide bonds. The first kappa shape index (κ1) is 20.5. The molecule has 0 radical (unpaired) electrons. The molecule has 0 aromatic heterocycles. The molecule has 1 saturated carbocycles. The van der Waals surface area contributed by atoms with E-state index < -0.39 is 0 Å². The number of carbonyl (C=O) groups excluding carboxylic acids is 1. The van der Waals surface area contributed by atoms with Crippen molar-refractivity contribution in [3.05, 3.63) is 0 Å². The number of hydrogen-bond acceptors (Lipinski definition) is 4. The van der Waals surface area contributed by atoms with Crippen LogP contribution in [0, 0.1) is 5.92 Å². The van der Waals surface area contributed by atoms with Crippen LogP contribution >= 0.6 is 0 Å². The summed E-state index contributed by atoms with van der Waals surface area (Å²) in [6.07, 6.45) is 14.7. The highest BCUT2D eigenvalue weighted by Crippen LogP contribution is 2.42. The zero-order valence-electron chi connectivity index (χ0n) is 18.0. The van der Waals surface area contributed by atoms with Crippen molar-refractivity contribution < 1.29 is 9.53 Å². The minimum absolute atomic E-state index is 0.0120. The standard InChI is InChI=1S/C23H41N3O2/c1-2-3-9-21-23(12-16-25(17-13-23)20-10-14-24-15-11-20)28-22(27)26(21)18-19-7-5-4-6-8-19/h19-21,24H,2-18H2,1H3. The summed E-state index contributed by atoms with van der Waals surface area (Å²) in [4.78, 5) is 17.8. The molecule has 160 valence electrons. The Hall–Kier alpha value is -0.810. The van der Waals surface area contributed by atoms with Gasteiger partial charge in [0.25, 0.3) is 0 Å². The van der Waals surface area contributed by atoms with Crippen molar-refractivity contribution in [1.29, 1.82) is 0 Å². The fraction of sp³-hybridized carbons (Fsp3) is 0.957. The maximum absolute atomic E-state index is 13.0. The molecule has 1 spiro atoms. The Bertz CT molecular complexity index is 506. The lowest BCUT2D eigenvalue weighted by molar-refractivity contribution is -0.0359. The zero-order valence-corrected chi connectivity index (χ0v) is 18.0. The number of piperidine rings is 2. The molecule has 1 N–H and O–H groups in total. The van der Waals surface area contributed by atoms with E-state index >= 15 is 0 Å². The molecule has 0 aromatic carbocycles. The van der Waals surface area contributed by atoms with Gasteiger partial charge in [-0.2, -0.15) is 0 Å². The first-order valence-electron chi connectivity index (χ1n) is 12.2. The molecule has 1 unspecified atom stereocenters. The third-order valence-corrected chi connectivity index (χ3v) is 7.99. The molecular weight excluding hydrogens is 350 g/mol. The summed E-state index contributed by atoms with van der Waals surface area (Å²) in [7, 11) is 0. The van der Waals surface area contributed by atoms with Crippen LogP contribution in [0.2, 0.25) is 0 Å². The molecule has 0 bridgehead atoms. The predicted octanol–water partition coefficient (Wildman–Crippen LogP) is 4.16. The van der Waals surface area contributed by atoms with Crippen molar-refractivity contribution >= 4 is 6.09 Å². The van der Waals surface area contributed by atoms with Gasteiger partial charge < -0.3 is 15.0 Å². The summed E-state index contributed by atoms with van der Waals surface area (Å²) >= 11 is 0. The van der Waals surface area contributed by atoms with Gasteiger partial charge in [-0.25, -0.2) is 4.79 Å². The topological polar surface area (TPSA) is 44.8 Å². The Morgan fingerprint density at radius 3 is 2.46 bits per heavy atom. The van der Waals surface area contributed by atoms with Gasteiger partial charge in [-0.05, 0) is 51.1 Å². The summed E-state index contributed by atoms with van der Waals surface area (Å²) in [5.41, 5.74) is -0.218. The van der Waals surface area contributed by atoms with E-state index in [9.17, 15) is 4.79 Å². The van der Waals surface area contributed by atoms with Crippen molar-refractivity contribution in [2.45, 2.75) is 102 Å². The summed E-state index contributed by atoms with van der Waals surface area (Å²) in [6, 6.07) is 1.03. The van der Waals surface area contributed by atoms with Crippen LogP contribution in [0.4, 0.5) is 4.79 Å². The van der Waals surface area contributed by atoms with Crippen molar-refractivity contribution in [3.8, 4) is 0 Å². The van der Waals surface area contributed by atoms with Gasteiger partial charge >= 0.3 is 6.09 Å². The van der Waals surface area contributed by atoms with E-state index in [1.54, 1.807) is 0 Å². The monoisotopic (exact) mass is 391 g/mol. The van der Waals surface area contributed by atoms with Crippen LogP contribution in [-0.4, -0.2) is 66.3 Å². The smallest absolute Gasteiger partial charge is 0.410 e. The molecule has 5 heteroatoms. The number of hydrogen-bond donors (Lipinski definition) is 1. The predicted molar refractivity (Wildman–Crippen MR) is 113 cm³/mol. The molecule has 3 saturated heterocycles. The number of carbonyl (C=O) groups is 1. The van der Waals surface area contributed by atoms with Crippen molar-refractivity contribution in [2.75, 3.05) is 32.7 Å². The summed E-state index contributed by atoms with van der Waals surface area (Å²) in [5.74, 6) is 0.690. The van der Waals surface area contributed by atoms with Crippen LogP contribution in [0.3, 0.4) is 0 Å². The molecule has 4 aliphatic rings. The van der Waals surface area contributed by atoms with Gasteiger partial charge in [0.1, 0.15) is 5.60 Å². The van der Waals surface area contributed by atoms with E-state index in [0.29, 0.717) is 12.0 Å². The Kier molecular flexibility index (Phi) is 6.82. The number of rotatable bonds is 6. The summed E-state index contributed by atoms with van der Waals surface area (Å²) in [6.45, 7) is 7.68. The minimum Gasteiger partial charge on any atom is -0.440 e. The largest absolute Gasteiger partial charge is 0.440 e. The normalized spacial score (nSPS) is 30.1. The van der Waals surface area contributed by atoms with Gasteiger partial charge in [0.15, 0.2) is 0 Å². The average Bonchev–Trinajstić information content (AvgIpc) is 2.98. The molecule has 4 rings (SSSR count). The highest BCUT2D eigenvalue weighted by atomic mass is 16.6. The van der Waals surface area contributed by atoms with Crippen LogP contribution in [0.1, 0.15) is 84.0 Å². The Labute approximate surface area is 171 Å². The van der Waals surface area contributed by atoms with E-state index in [2.05, 4.69) is 22.0 Å². The van der Waals surface area contributed by atoms with Gasteiger partial charge in [0, 0.05) is 38.5 Å². The molecule has 3 aliphatic heterocycles. The van der Waals surface area contributed by atoms with Gasteiger partial charge in [-0.3, -0.25) is 4.90 Å². The number of likely N-dealkylation sites (tertiary alicyclic amines) is 1. The second-order valence-corrected chi connectivity index (χ2v) is 9.76. The SMILES string of the molecule is CCCCC1N(CC2CCCCC2)C(=O)OC12CCN(C1CCNCC1)CC2. The summed E-state index contributed by atoms with van der Waals surface area (Å²) < 4.78 is 6.24. The van der Waals surface area contributed by atoms with E-state index in [-0.39, 0.29) is 11.7 Å². The number of unbranched alkanes of at least 4 members (excludes halogenated alkanes) is 1. The quantitative estimate of drug-likeness (QED) is 0.738. The number of nitrogens with zero attached hydrogens (tertiary/aromatic N) is 2. The lowest BCUT2D eigenvalue weighted by Gasteiger charge is -2.45. The molecule has 28 heavy (non-hydrogen) atoms. The summed E-state index contributed by atoms with van der Waals surface area (Å²) in [5, 5.41) is 3.48. The van der Waals surface area contributed by atoms with Crippen LogP contribution in [-0.2, 0) is 4.74 Å². The van der Waals surface area contributed by atoms with Crippen molar-refractivity contribution in [2.24, 2.45) is 5.92 Å². The van der Waals surface area contributed by atoms with Gasteiger partial charge in [0.2, 0.25) is 0 Å². The Morgan fingerprint density at radius 2 is 1.79 bits per heavy atom. The third-order valence-electron chi connectivity index (χ3n) is 7.99. The van der Waals surface area contributed by atoms with Crippen LogP contribution in [0.5, 0.6) is 0 Å². The highest BCUT2D eigenvalue weighted by Gasteiger charge is 2.54. The zero-order chi connectivity index (χ0) is 19.4. The molecule has 0 aromatic rings. The third kappa shape index (κ3) is 4.35. The molecule has 4 fully saturated rings. The minimum atomic E-state index is -0.218. The fourth-order valence-corrected chi connectivity index (χ4v) is 6.25. The molecule has 5 nitrogen and oxygen atoms in total. The fourth-order valence-electron chi connectivity index (χ4n) is 6.25. The molecule has 1 atom stereocenters. The van der Waals surface area contributed by atoms with Crippen LogP contribution in [0.15, 0.2) is 0 Å². The average molecular weight is 392 g/mol. The Balaban J connectivity index is 1.42. The van der Waals surface area contributed by atoms with E-state index in [4.69, 9.17) is 4.74 Å². The lowest BCUT2D eigenvalue weighted by Crippen LogP contribution is -2.55. The molecule has 1 aliphatic carbocycles. The van der Waals surface area contributed by atoms with Crippen LogP contribution in [0.25, 0.3) is 0 Å². The second kappa shape index (κ2) is 9.34. The first-order chi connectivity index (χ1) is 13.7.